The molecule has 0 aliphatic rings. The number of aliphatic hydroxyl groups is 1. The van der Waals surface area contributed by atoms with Crippen LogP contribution in [0.2, 0.25) is 0 Å². The smallest absolute Gasteiger partial charge is 0.0499 e. The van der Waals surface area contributed by atoms with Gasteiger partial charge in [0, 0.05) is 12.5 Å². The van der Waals surface area contributed by atoms with Gasteiger partial charge in [-0.1, -0.05) is 58.4 Å². The summed E-state index contributed by atoms with van der Waals surface area (Å²) in [7, 11) is 0. The van der Waals surface area contributed by atoms with E-state index in [1.807, 2.05) is 0 Å². The lowest BCUT2D eigenvalue weighted by Crippen LogP contribution is -2.11. The fourth-order valence-corrected chi connectivity index (χ4v) is 1.97. The third-order valence-corrected chi connectivity index (χ3v) is 3.11. The van der Waals surface area contributed by atoms with E-state index in [2.05, 4.69) is 52.0 Å². The van der Waals surface area contributed by atoms with Gasteiger partial charge in [-0.15, -0.1) is 0 Å². The monoisotopic (exact) mass is 220 g/mol. The van der Waals surface area contributed by atoms with E-state index in [4.69, 9.17) is 0 Å². The quantitative estimate of drug-likeness (QED) is 0.817. The predicted molar refractivity (Wildman–Crippen MR) is 69.9 cm³/mol. The molecule has 1 unspecified atom stereocenters. The molecular formula is C15H24O. The molecule has 0 aliphatic carbocycles. The zero-order chi connectivity index (χ0) is 12.2. The average molecular weight is 220 g/mol. The SMILES string of the molecule is CCCC(CO)c1ccc(C(C)(C)C)cc1. The summed E-state index contributed by atoms with van der Waals surface area (Å²) in [4.78, 5) is 0. The molecule has 0 saturated heterocycles. The number of aliphatic hydroxyl groups excluding tert-OH is 1. The third-order valence-electron chi connectivity index (χ3n) is 3.11. The highest BCUT2D eigenvalue weighted by Gasteiger charge is 2.14. The Balaban J connectivity index is 2.85. The molecule has 16 heavy (non-hydrogen) atoms. The first-order valence-corrected chi connectivity index (χ1v) is 6.20. The lowest BCUT2D eigenvalue weighted by atomic mass is 9.85. The summed E-state index contributed by atoms with van der Waals surface area (Å²) in [5.41, 5.74) is 2.82. The molecule has 0 aromatic heterocycles. The van der Waals surface area contributed by atoms with E-state index in [1.54, 1.807) is 0 Å². The molecule has 1 aromatic carbocycles. The topological polar surface area (TPSA) is 20.2 Å². The standard InChI is InChI=1S/C15H24O/c1-5-6-13(11-16)12-7-9-14(10-8-12)15(2,3)4/h7-10,13,16H,5-6,11H2,1-4H3. The molecule has 1 nitrogen and oxygen atoms in total. The Labute approximate surface area is 99.5 Å². The number of hydrogen-bond acceptors (Lipinski definition) is 1. The van der Waals surface area contributed by atoms with Gasteiger partial charge in [-0.2, -0.15) is 0 Å². The van der Waals surface area contributed by atoms with Crippen LogP contribution in [0.1, 0.15) is 57.6 Å². The Morgan fingerprint density at radius 2 is 1.69 bits per heavy atom. The van der Waals surface area contributed by atoms with Gasteiger partial charge in [-0.3, -0.25) is 0 Å². The molecule has 0 aliphatic heterocycles. The van der Waals surface area contributed by atoms with Gasteiger partial charge in [0.1, 0.15) is 0 Å². The van der Waals surface area contributed by atoms with Crippen LogP contribution in [0.25, 0.3) is 0 Å². The van der Waals surface area contributed by atoms with Gasteiger partial charge in [-0.25, -0.2) is 0 Å². The first-order chi connectivity index (χ1) is 7.49. The fourth-order valence-electron chi connectivity index (χ4n) is 1.97. The van der Waals surface area contributed by atoms with Crippen molar-refractivity contribution in [3.63, 3.8) is 0 Å². The maximum atomic E-state index is 9.34. The molecule has 0 bridgehead atoms. The van der Waals surface area contributed by atoms with E-state index in [0.717, 1.165) is 12.8 Å². The van der Waals surface area contributed by atoms with E-state index in [0.29, 0.717) is 5.92 Å². The van der Waals surface area contributed by atoms with Crippen molar-refractivity contribution < 1.29 is 5.11 Å². The van der Waals surface area contributed by atoms with Crippen molar-refractivity contribution >= 4 is 0 Å². The van der Waals surface area contributed by atoms with Crippen molar-refractivity contribution in [3.8, 4) is 0 Å². The van der Waals surface area contributed by atoms with Crippen molar-refractivity contribution in [2.45, 2.75) is 51.9 Å². The predicted octanol–water partition coefficient (Wildman–Crippen LogP) is 3.86. The van der Waals surface area contributed by atoms with Crippen molar-refractivity contribution in [1.82, 2.24) is 0 Å². The Kier molecular flexibility index (Phi) is 4.55. The van der Waals surface area contributed by atoms with E-state index >= 15 is 0 Å². The molecule has 0 fully saturated rings. The van der Waals surface area contributed by atoms with E-state index < -0.39 is 0 Å². The van der Waals surface area contributed by atoms with Crippen LogP contribution in [-0.2, 0) is 5.41 Å². The Hall–Kier alpha value is -0.820. The molecule has 0 heterocycles. The average Bonchev–Trinajstić information content (AvgIpc) is 2.25. The second-order valence-corrected chi connectivity index (χ2v) is 5.54. The zero-order valence-electron chi connectivity index (χ0n) is 11.0. The molecule has 1 atom stereocenters. The fraction of sp³-hybridized carbons (Fsp3) is 0.600. The molecule has 0 radical (unpaired) electrons. The second-order valence-electron chi connectivity index (χ2n) is 5.54. The highest BCUT2D eigenvalue weighted by atomic mass is 16.3. The molecular weight excluding hydrogens is 196 g/mol. The minimum Gasteiger partial charge on any atom is -0.396 e. The summed E-state index contributed by atoms with van der Waals surface area (Å²) in [6, 6.07) is 8.70. The van der Waals surface area contributed by atoms with Gasteiger partial charge in [0.2, 0.25) is 0 Å². The first kappa shape index (κ1) is 13.2. The van der Waals surface area contributed by atoms with E-state index in [9.17, 15) is 5.11 Å². The molecule has 0 amide bonds. The largest absolute Gasteiger partial charge is 0.396 e. The Bertz CT molecular complexity index is 305. The number of hydrogen-bond donors (Lipinski definition) is 1. The van der Waals surface area contributed by atoms with Crippen LogP contribution in [0, 0.1) is 0 Å². The molecule has 1 N–H and O–H groups in total. The highest BCUT2D eigenvalue weighted by Crippen LogP contribution is 2.26. The summed E-state index contributed by atoms with van der Waals surface area (Å²) in [6.07, 6.45) is 2.18. The van der Waals surface area contributed by atoms with Crippen molar-refractivity contribution in [3.05, 3.63) is 35.4 Å². The minimum absolute atomic E-state index is 0.206. The summed E-state index contributed by atoms with van der Waals surface area (Å²) in [6.45, 7) is 9.07. The van der Waals surface area contributed by atoms with Gasteiger partial charge in [0.05, 0.1) is 0 Å². The third kappa shape index (κ3) is 3.34. The van der Waals surface area contributed by atoms with E-state index in [-0.39, 0.29) is 12.0 Å². The molecule has 1 rings (SSSR count). The maximum absolute atomic E-state index is 9.34. The highest BCUT2D eigenvalue weighted by molar-refractivity contribution is 5.29. The Morgan fingerprint density at radius 3 is 2.06 bits per heavy atom. The van der Waals surface area contributed by atoms with Crippen LogP contribution >= 0.6 is 0 Å². The van der Waals surface area contributed by atoms with Gasteiger partial charge < -0.3 is 5.11 Å². The molecule has 1 heteroatoms. The van der Waals surface area contributed by atoms with Crippen LogP contribution in [0.3, 0.4) is 0 Å². The summed E-state index contributed by atoms with van der Waals surface area (Å²) < 4.78 is 0. The van der Waals surface area contributed by atoms with E-state index in [1.165, 1.54) is 11.1 Å². The summed E-state index contributed by atoms with van der Waals surface area (Å²) >= 11 is 0. The zero-order valence-corrected chi connectivity index (χ0v) is 11.0. The van der Waals surface area contributed by atoms with Crippen molar-refractivity contribution in [2.75, 3.05) is 6.61 Å². The van der Waals surface area contributed by atoms with Gasteiger partial charge in [0.15, 0.2) is 0 Å². The summed E-state index contributed by atoms with van der Waals surface area (Å²) in [5, 5.41) is 9.34. The van der Waals surface area contributed by atoms with Crippen molar-refractivity contribution in [2.24, 2.45) is 0 Å². The van der Waals surface area contributed by atoms with Crippen LogP contribution in [0.5, 0.6) is 0 Å². The number of benzene rings is 1. The maximum Gasteiger partial charge on any atom is 0.0499 e. The van der Waals surface area contributed by atoms with Crippen LogP contribution in [0.4, 0.5) is 0 Å². The lowest BCUT2D eigenvalue weighted by molar-refractivity contribution is 0.258. The molecule has 0 saturated carbocycles. The molecule has 90 valence electrons. The van der Waals surface area contributed by atoms with Gasteiger partial charge in [-0.05, 0) is 23.0 Å². The van der Waals surface area contributed by atoms with Gasteiger partial charge >= 0.3 is 0 Å². The first-order valence-electron chi connectivity index (χ1n) is 6.20. The van der Waals surface area contributed by atoms with Crippen LogP contribution in [0.15, 0.2) is 24.3 Å². The van der Waals surface area contributed by atoms with Crippen molar-refractivity contribution in [1.29, 1.82) is 0 Å². The molecule has 1 aromatic rings. The summed E-state index contributed by atoms with van der Waals surface area (Å²) in [5.74, 6) is 0.305. The molecule has 0 spiro atoms. The second kappa shape index (κ2) is 5.49. The minimum atomic E-state index is 0.206. The normalized spacial score (nSPS) is 13.8. The van der Waals surface area contributed by atoms with Gasteiger partial charge in [0.25, 0.3) is 0 Å². The van der Waals surface area contributed by atoms with Crippen LogP contribution < -0.4 is 0 Å². The van der Waals surface area contributed by atoms with Crippen LogP contribution in [-0.4, -0.2) is 11.7 Å². The lowest BCUT2D eigenvalue weighted by Gasteiger charge is -2.20. The Morgan fingerprint density at radius 1 is 1.12 bits per heavy atom. The number of rotatable bonds is 4.